The molecule has 0 saturated carbocycles. The summed E-state index contributed by atoms with van der Waals surface area (Å²) in [6.07, 6.45) is 1.14. The summed E-state index contributed by atoms with van der Waals surface area (Å²) in [6, 6.07) is 0. The Morgan fingerprint density at radius 1 is 1.40 bits per heavy atom. The lowest BCUT2D eigenvalue weighted by atomic mass is 10.1. The van der Waals surface area contributed by atoms with Gasteiger partial charge in [0.2, 0.25) is 0 Å². The zero-order chi connectivity index (χ0) is 11.9. The summed E-state index contributed by atoms with van der Waals surface area (Å²) in [5, 5.41) is 0. The highest BCUT2D eigenvalue weighted by Gasteiger charge is 2.19. The summed E-state index contributed by atoms with van der Waals surface area (Å²) < 4.78 is 27.7. The van der Waals surface area contributed by atoms with Crippen LogP contribution in [-0.2, 0) is 19.4 Å². The second kappa shape index (κ2) is 6.95. The van der Waals surface area contributed by atoms with Crippen LogP contribution in [0.4, 0.5) is 0 Å². The SMILES string of the molecule is CCC(C)C(=O)CS(=O)(=O)CCCOC. The van der Waals surface area contributed by atoms with Gasteiger partial charge in [-0.25, -0.2) is 8.42 Å². The first-order valence-electron chi connectivity index (χ1n) is 5.15. The molecule has 0 heterocycles. The Kier molecular flexibility index (Phi) is 6.76. The van der Waals surface area contributed by atoms with E-state index in [9.17, 15) is 13.2 Å². The smallest absolute Gasteiger partial charge is 0.157 e. The van der Waals surface area contributed by atoms with Crippen molar-refractivity contribution in [2.75, 3.05) is 25.2 Å². The number of ether oxygens (including phenoxy) is 1. The van der Waals surface area contributed by atoms with E-state index in [-0.39, 0.29) is 23.2 Å². The molecule has 0 aromatic heterocycles. The van der Waals surface area contributed by atoms with Crippen LogP contribution >= 0.6 is 0 Å². The van der Waals surface area contributed by atoms with Crippen molar-refractivity contribution in [3.05, 3.63) is 0 Å². The van der Waals surface area contributed by atoms with Crippen LogP contribution in [0.25, 0.3) is 0 Å². The molecule has 0 saturated heterocycles. The van der Waals surface area contributed by atoms with Crippen LogP contribution in [0.2, 0.25) is 0 Å². The molecule has 0 fully saturated rings. The van der Waals surface area contributed by atoms with E-state index in [1.165, 1.54) is 7.11 Å². The van der Waals surface area contributed by atoms with Crippen molar-refractivity contribution in [2.45, 2.75) is 26.7 Å². The summed E-state index contributed by atoms with van der Waals surface area (Å²) in [5.74, 6) is -0.647. The molecule has 0 aliphatic carbocycles. The maximum Gasteiger partial charge on any atom is 0.157 e. The highest BCUT2D eigenvalue weighted by molar-refractivity contribution is 7.92. The number of carbonyl (C=O) groups excluding carboxylic acids is 1. The fourth-order valence-corrected chi connectivity index (χ4v) is 2.50. The van der Waals surface area contributed by atoms with Crippen molar-refractivity contribution in [1.82, 2.24) is 0 Å². The molecule has 0 radical (unpaired) electrons. The summed E-state index contributed by atoms with van der Waals surface area (Å²) in [7, 11) is -1.71. The number of carbonyl (C=O) groups is 1. The zero-order valence-corrected chi connectivity index (χ0v) is 10.5. The molecule has 0 spiro atoms. The Morgan fingerprint density at radius 3 is 2.47 bits per heavy atom. The van der Waals surface area contributed by atoms with Gasteiger partial charge in [0.1, 0.15) is 5.75 Å². The predicted octanol–water partition coefficient (Wildman–Crippen LogP) is 1.05. The third-order valence-electron chi connectivity index (χ3n) is 2.33. The van der Waals surface area contributed by atoms with Crippen LogP contribution < -0.4 is 0 Å². The molecule has 0 bridgehead atoms. The van der Waals surface area contributed by atoms with E-state index < -0.39 is 9.84 Å². The Hall–Kier alpha value is -0.420. The van der Waals surface area contributed by atoms with Gasteiger partial charge in [0, 0.05) is 19.6 Å². The van der Waals surface area contributed by atoms with Crippen molar-refractivity contribution in [2.24, 2.45) is 5.92 Å². The standard InChI is InChI=1S/C10H20O4S/c1-4-9(2)10(11)8-15(12,13)7-5-6-14-3/h9H,4-8H2,1-3H3. The molecular weight excluding hydrogens is 216 g/mol. The van der Waals surface area contributed by atoms with Gasteiger partial charge in [-0.2, -0.15) is 0 Å². The highest BCUT2D eigenvalue weighted by atomic mass is 32.2. The Balaban J connectivity index is 4.08. The minimum atomic E-state index is -3.24. The maximum atomic E-state index is 11.5. The number of hydrogen-bond donors (Lipinski definition) is 0. The number of sulfone groups is 1. The fourth-order valence-electron chi connectivity index (χ4n) is 1.08. The molecule has 1 unspecified atom stereocenters. The van der Waals surface area contributed by atoms with Gasteiger partial charge >= 0.3 is 0 Å². The quantitative estimate of drug-likeness (QED) is 0.591. The first-order valence-corrected chi connectivity index (χ1v) is 6.97. The van der Waals surface area contributed by atoms with Crippen molar-refractivity contribution < 1.29 is 17.9 Å². The number of hydrogen-bond acceptors (Lipinski definition) is 4. The summed E-state index contributed by atoms with van der Waals surface area (Å²) in [6.45, 7) is 4.05. The van der Waals surface area contributed by atoms with Crippen LogP contribution in [0.3, 0.4) is 0 Å². The zero-order valence-electron chi connectivity index (χ0n) is 9.65. The number of Topliss-reactive ketones (excluding diaryl/α,β-unsaturated/α-hetero) is 1. The first kappa shape index (κ1) is 14.6. The summed E-state index contributed by atoms with van der Waals surface area (Å²) in [4.78, 5) is 11.4. The van der Waals surface area contributed by atoms with Gasteiger partial charge in [0.25, 0.3) is 0 Å². The second-order valence-corrected chi connectivity index (χ2v) is 5.90. The molecule has 0 aliphatic heterocycles. The summed E-state index contributed by atoms with van der Waals surface area (Å²) >= 11 is 0. The van der Waals surface area contributed by atoms with E-state index >= 15 is 0 Å². The van der Waals surface area contributed by atoms with E-state index in [0.29, 0.717) is 19.4 Å². The molecule has 0 rings (SSSR count). The monoisotopic (exact) mass is 236 g/mol. The second-order valence-electron chi connectivity index (χ2n) is 3.71. The molecular formula is C10H20O4S. The van der Waals surface area contributed by atoms with Gasteiger partial charge in [-0.1, -0.05) is 13.8 Å². The molecule has 0 N–H and O–H groups in total. The average molecular weight is 236 g/mol. The molecule has 15 heavy (non-hydrogen) atoms. The van der Waals surface area contributed by atoms with Crippen LogP contribution in [0, 0.1) is 5.92 Å². The predicted molar refractivity (Wildman–Crippen MR) is 59.6 cm³/mol. The van der Waals surface area contributed by atoms with Crippen molar-refractivity contribution >= 4 is 15.6 Å². The molecule has 4 nitrogen and oxygen atoms in total. The lowest BCUT2D eigenvalue weighted by Gasteiger charge is -2.07. The average Bonchev–Trinajstić information content (AvgIpc) is 2.16. The maximum absolute atomic E-state index is 11.5. The highest BCUT2D eigenvalue weighted by Crippen LogP contribution is 2.05. The Morgan fingerprint density at radius 2 is 2.00 bits per heavy atom. The first-order chi connectivity index (χ1) is 6.93. The lowest BCUT2D eigenvalue weighted by molar-refractivity contribution is -0.119. The van der Waals surface area contributed by atoms with E-state index in [0.717, 1.165) is 0 Å². The van der Waals surface area contributed by atoms with Gasteiger partial charge in [-0.05, 0) is 12.8 Å². The van der Waals surface area contributed by atoms with Crippen molar-refractivity contribution in [3.63, 3.8) is 0 Å². The number of methoxy groups -OCH3 is 1. The van der Waals surface area contributed by atoms with Crippen LogP contribution in [0.5, 0.6) is 0 Å². The molecule has 0 aromatic carbocycles. The molecule has 1 atom stereocenters. The largest absolute Gasteiger partial charge is 0.385 e. The minimum Gasteiger partial charge on any atom is -0.385 e. The molecule has 0 aromatic rings. The Labute approximate surface area is 91.9 Å². The molecule has 0 aliphatic rings. The van der Waals surface area contributed by atoms with Gasteiger partial charge in [0.05, 0.1) is 5.75 Å². The van der Waals surface area contributed by atoms with Crippen LogP contribution in [0.1, 0.15) is 26.7 Å². The number of ketones is 1. The van der Waals surface area contributed by atoms with E-state index in [2.05, 4.69) is 0 Å². The molecule has 90 valence electrons. The molecule has 5 heteroatoms. The molecule has 0 amide bonds. The number of rotatable bonds is 8. The van der Waals surface area contributed by atoms with E-state index in [4.69, 9.17) is 4.74 Å². The van der Waals surface area contributed by atoms with Crippen LogP contribution in [0.15, 0.2) is 0 Å². The topological polar surface area (TPSA) is 60.4 Å². The minimum absolute atomic E-state index is 0.0308. The van der Waals surface area contributed by atoms with E-state index in [1.807, 2.05) is 6.92 Å². The van der Waals surface area contributed by atoms with E-state index in [1.54, 1.807) is 6.92 Å². The Bertz CT molecular complexity index is 282. The third kappa shape index (κ3) is 6.62. The van der Waals surface area contributed by atoms with Gasteiger partial charge < -0.3 is 4.74 Å². The van der Waals surface area contributed by atoms with Gasteiger partial charge in [-0.3, -0.25) is 4.79 Å². The van der Waals surface area contributed by atoms with Crippen molar-refractivity contribution in [3.8, 4) is 0 Å². The normalized spacial score (nSPS) is 13.8. The summed E-state index contributed by atoms with van der Waals surface area (Å²) in [5.41, 5.74) is 0. The van der Waals surface area contributed by atoms with Crippen LogP contribution in [-0.4, -0.2) is 39.4 Å². The lowest BCUT2D eigenvalue weighted by Crippen LogP contribution is -2.24. The van der Waals surface area contributed by atoms with Gasteiger partial charge in [0.15, 0.2) is 15.6 Å². The third-order valence-corrected chi connectivity index (χ3v) is 3.96. The van der Waals surface area contributed by atoms with Crippen molar-refractivity contribution in [1.29, 1.82) is 0 Å². The fraction of sp³-hybridized carbons (Fsp3) is 0.900. The van der Waals surface area contributed by atoms with Gasteiger partial charge in [-0.15, -0.1) is 0 Å².